The van der Waals surface area contributed by atoms with Gasteiger partial charge in [0.05, 0.1) is 0 Å². The van der Waals surface area contributed by atoms with E-state index in [-0.39, 0.29) is 24.7 Å². The lowest BCUT2D eigenvalue weighted by Crippen LogP contribution is -2.17. The molecule has 0 amide bonds. The van der Waals surface area contributed by atoms with Gasteiger partial charge in [0.2, 0.25) is 0 Å². The van der Waals surface area contributed by atoms with Crippen molar-refractivity contribution in [3.63, 3.8) is 0 Å². The number of hydrogen-bond acceptors (Lipinski definition) is 2. The molecule has 1 aliphatic rings. The van der Waals surface area contributed by atoms with Gasteiger partial charge in [-0.3, -0.25) is 0 Å². The van der Waals surface area contributed by atoms with Crippen LogP contribution in [0, 0.1) is 11.6 Å². The van der Waals surface area contributed by atoms with Crippen LogP contribution in [0.1, 0.15) is 0 Å². The smallest absolute Gasteiger partial charge is 0.200 e. The van der Waals surface area contributed by atoms with Crippen LogP contribution in [-0.2, 0) is 0 Å². The number of benzene rings is 1. The van der Waals surface area contributed by atoms with Crippen LogP contribution in [-0.4, -0.2) is 13.2 Å². The Hall–Kier alpha value is -1.32. The zero-order valence-electron chi connectivity index (χ0n) is 6.14. The molecule has 1 aromatic carbocycles. The van der Waals surface area contributed by atoms with E-state index in [9.17, 15) is 8.78 Å². The SMILES string of the molecule is Fc1ccc(F)c2c1OCCO2. The van der Waals surface area contributed by atoms with Crippen molar-refractivity contribution in [3.8, 4) is 11.5 Å². The van der Waals surface area contributed by atoms with E-state index in [0.29, 0.717) is 0 Å². The van der Waals surface area contributed by atoms with Crippen LogP contribution in [0.5, 0.6) is 11.5 Å². The van der Waals surface area contributed by atoms with Crippen molar-refractivity contribution in [1.82, 2.24) is 0 Å². The molecular weight excluding hydrogens is 166 g/mol. The molecule has 1 aliphatic heterocycles. The molecule has 12 heavy (non-hydrogen) atoms. The van der Waals surface area contributed by atoms with Crippen LogP contribution in [0.4, 0.5) is 8.78 Å². The Morgan fingerprint density at radius 1 is 0.917 bits per heavy atom. The molecule has 0 atom stereocenters. The van der Waals surface area contributed by atoms with Gasteiger partial charge in [-0.25, -0.2) is 8.78 Å². The van der Waals surface area contributed by atoms with Crippen molar-refractivity contribution in [3.05, 3.63) is 23.8 Å². The zero-order chi connectivity index (χ0) is 8.55. The van der Waals surface area contributed by atoms with Crippen LogP contribution in [0.25, 0.3) is 0 Å². The van der Waals surface area contributed by atoms with Crippen molar-refractivity contribution in [2.24, 2.45) is 0 Å². The standard InChI is InChI=1S/C8H6F2O2/c9-5-1-2-6(10)8-7(5)11-3-4-12-8/h1-2H,3-4H2. The van der Waals surface area contributed by atoms with Gasteiger partial charge in [-0.2, -0.15) is 0 Å². The number of halogens is 2. The van der Waals surface area contributed by atoms with Gasteiger partial charge in [-0.15, -0.1) is 0 Å². The summed E-state index contributed by atoms with van der Waals surface area (Å²) >= 11 is 0. The average molecular weight is 172 g/mol. The number of rotatable bonds is 0. The molecule has 0 N–H and O–H groups in total. The molecule has 0 spiro atoms. The first-order valence-electron chi connectivity index (χ1n) is 3.52. The Morgan fingerprint density at radius 3 is 1.75 bits per heavy atom. The minimum atomic E-state index is -0.592. The fourth-order valence-corrected chi connectivity index (χ4v) is 1.07. The van der Waals surface area contributed by atoms with E-state index < -0.39 is 11.6 Å². The van der Waals surface area contributed by atoms with Gasteiger partial charge >= 0.3 is 0 Å². The van der Waals surface area contributed by atoms with Crippen LogP contribution in [0.2, 0.25) is 0 Å². The Bertz CT molecular complexity index is 281. The summed E-state index contributed by atoms with van der Waals surface area (Å²) in [5.74, 6) is -1.43. The summed E-state index contributed by atoms with van der Waals surface area (Å²) in [6.07, 6.45) is 0. The van der Waals surface area contributed by atoms with Crippen LogP contribution in [0.3, 0.4) is 0 Å². The molecule has 0 fully saturated rings. The molecule has 4 heteroatoms. The molecule has 0 aliphatic carbocycles. The van der Waals surface area contributed by atoms with Gasteiger partial charge in [0, 0.05) is 0 Å². The molecule has 0 aromatic heterocycles. The molecule has 64 valence electrons. The fourth-order valence-electron chi connectivity index (χ4n) is 1.07. The lowest BCUT2D eigenvalue weighted by Gasteiger charge is -2.18. The van der Waals surface area contributed by atoms with Crippen LogP contribution in [0.15, 0.2) is 12.1 Å². The minimum absolute atomic E-state index is 0.124. The second-order valence-electron chi connectivity index (χ2n) is 2.38. The largest absolute Gasteiger partial charge is 0.483 e. The van der Waals surface area contributed by atoms with Crippen LogP contribution >= 0.6 is 0 Å². The van der Waals surface area contributed by atoms with Crippen molar-refractivity contribution in [1.29, 1.82) is 0 Å². The summed E-state index contributed by atoms with van der Waals surface area (Å²) in [5, 5.41) is 0. The average Bonchev–Trinajstić information content (AvgIpc) is 2.12. The summed E-state index contributed by atoms with van der Waals surface area (Å²) < 4.78 is 35.5. The predicted octanol–water partition coefficient (Wildman–Crippen LogP) is 1.74. The Kier molecular flexibility index (Phi) is 1.60. The topological polar surface area (TPSA) is 18.5 Å². The molecule has 1 aromatic rings. The second kappa shape index (κ2) is 2.62. The molecule has 0 radical (unpaired) electrons. The third-order valence-corrected chi connectivity index (χ3v) is 1.59. The summed E-state index contributed by atoms with van der Waals surface area (Å²) in [4.78, 5) is 0. The van der Waals surface area contributed by atoms with Gasteiger partial charge in [-0.05, 0) is 12.1 Å². The maximum absolute atomic E-state index is 12.9. The van der Waals surface area contributed by atoms with E-state index in [1.165, 1.54) is 0 Å². The van der Waals surface area contributed by atoms with Gasteiger partial charge in [0.1, 0.15) is 13.2 Å². The molecule has 2 rings (SSSR count). The van der Waals surface area contributed by atoms with E-state index in [2.05, 4.69) is 0 Å². The van der Waals surface area contributed by atoms with E-state index >= 15 is 0 Å². The van der Waals surface area contributed by atoms with Gasteiger partial charge in [0.15, 0.2) is 23.1 Å². The molecule has 2 nitrogen and oxygen atoms in total. The lowest BCUT2D eigenvalue weighted by atomic mass is 10.3. The highest BCUT2D eigenvalue weighted by Gasteiger charge is 2.20. The molecule has 0 saturated heterocycles. The summed E-state index contributed by atoms with van der Waals surface area (Å²) in [7, 11) is 0. The highest BCUT2D eigenvalue weighted by Crippen LogP contribution is 2.34. The third kappa shape index (κ3) is 0.995. The van der Waals surface area contributed by atoms with Crippen LogP contribution < -0.4 is 9.47 Å². The molecule has 0 bridgehead atoms. The predicted molar refractivity (Wildman–Crippen MR) is 37.3 cm³/mol. The van der Waals surface area contributed by atoms with E-state index in [0.717, 1.165) is 12.1 Å². The van der Waals surface area contributed by atoms with Gasteiger partial charge in [-0.1, -0.05) is 0 Å². The van der Waals surface area contributed by atoms with Gasteiger partial charge < -0.3 is 9.47 Å². The molecule has 1 heterocycles. The Labute approximate surface area is 67.7 Å². The van der Waals surface area contributed by atoms with Gasteiger partial charge in [0.25, 0.3) is 0 Å². The monoisotopic (exact) mass is 172 g/mol. The first-order valence-corrected chi connectivity index (χ1v) is 3.52. The normalized spacial score (nSPS) is 14.5. The first kappa shape index (κ1) is 7.34. The number of hydrogen-bond donors (Lipinski definition) is 0. The third-order valence-electron chi connectivity index (χ3n) is 1.59. The summed E-state index contributed by atoms with van der Waals surface area (Å²) in [6.45, 7) is 0.515. The Balaban J connectivity index is 2.57. The first-order chi connectivity index (χ1) is 5.79. The van der Waals surface area contributed by atoms with Crippen molar-refractivity contribution < 1.29 is 18.3 Å². The molecular formula is C8H6F2O2. The zero-order valence-corrected chi connectivity index (χ0v) is 6.14. The van der Waals surface area contributed by atoms with Crippen molar-refractivity contribution in [2.75, 3.05) is 13.2 Å². The van der Waals surface area contributed by atoms with Crippen molar-refractivity contribution >= 4 is 0 Å². The lowest BCUT2D eigenvalue weighted by molar-refractivity contribution is 0.157. The van der Waals surface area contributed by atoms with E-state index in [4.69, 9.17) is 9.47 Å². The maximum Gasteiger partial charge on any atom is 0.200 e. The maximum atomic E-state index is 12.9. The summed E-state index contributed by atoms with van der Waals surface area (Å²) in [5.41, 5.74) is 0. The Morgan fingerprint density at radius 2 is 1.33 bits per heavy atom. The molecule has 0 unspecified atom stereocenters. The quantitative estimate of drug-likeness (QED) is 0.593. The molecule has 0 saturated carbocycles. The summed E-state index contributed by atoms with van der Waals surface area (Å²) in [6, 6.07) is 2.03. The minimum Gasteiger partial charge on any atom is -0.483 e. The second-order valence-corrected chi connectivity index (χ2v) is 2.38. The highest BCUT2D eigenvalue weighted by molar-refractivity contribution is 5.43. The highest BCUT2D eigenvalue weighted by atomic mass is 19.1. The number of ether oxygens (including phenoxy) is 2. The number of fused-ring (bicyclic) bond motifs is 1. The van der Waals surface area contributed by atoms with E-state index in [1.54, 1.807) is 0 Å². The van der Waals surface area contributed by atoms with E-state index in [1.807, 2.05) is 0 Å². The van der Waals surface area contributed by atoms with Crippen molar-refractivity contribution in [2.45, 2.75) is 0 Å². The fraction of sp³-hybridized carbons (Fsp3) is 0.250.